The van der Waals surface area contributed by atoms with Gasteiger partial charge in [-0.1, -0.05) is 99.6 Å². The fourth-order valence-corrected chi connectivity index (χ4v) is 4.49. The lowest BCUT2D eigenvalue weighted by molar-refractivity contribution is -0.172. The highest BCUT2D eigenvalue weighted by molar-refractivity contribution is 5.89. The number of para-hydroxylation sites is 1. The average molecular weight is 443 g/mol. The van der Waals surface area contributed by atoms with Gasteiger partial charge in [-0.2, -0.15) is 0 Å². The molecule has 2 atom stereocenters. The first kappa shape index (κ1) is 22.7. The molecule has 0 bridgehead atoms. The van der Waals surface area contributed by atoms with Crippen LogP contribution in [0.5, 0.6) is 5.75 Å². The van der Waals surface area contributed by atoms with Crippen molar-refractivity contribution < 1.29 is 19.4 Å². The topological polar surface area (TPSA) is 55.8 Å². The number of esters is 1. The van der Waals surface area contributed by atoms with Crippen molar-refractivity contribution >= 4 is 5.97 Å². The van der Waals surface area contributed by atoms with Crippen molar-refractivity contribution in [2.24, 2.45) is 5.92 Å². The number of ether oxygens (including phenoxy) is 2. The van der Waals surface area contributed by atoms with E-state index in [1.54, 1.807) is 0 Å². The summed E-state index contributed by atoms with van der Waals surface area (Å²) in [5, 5.41) is 11.2. The van der Waals surface area contributed by atoms with Gasteiger partial charge in [0.25, 0.3) is 0 Å². The molecule has 33 heavy (non-hydrogen) atoms. The Labute approximate surface area is 195 Å². The summed E-state index contributed by atoms with van der Waals surface area (Å²) in [4.78, 5) is 13.3. The summed E-state index contributed by atoms with van der Waals surface area (Å²) in [6.45, 7) is 6.00. The van der Waals surface area contributed by atoms with E-state index >= 15 is 0 Å². The second-order valence-corrected chi connectivity index (χ2v) is 8.86. The van der Waals surface area contributed by atoms with Crippen LogP contribution in [0, 0.1) is 5.92 Å². The summed E-state index contributed by atoms with van der Waals surface area (Å²) in [7, 11) is 0. The second-order valence-electron chi connectivity index (χ2n) is 8.86. The Balaban J connectivity index is 1.72. The van der Waals surface area contributed by atoms with Gasteiger partial charge in [-0.15, -0.1) is 0 Å². The van der Waals surface area contributed by atoms with Crippen LogP contribution in [-0.2, 0) is 21.6 Å². The van der Waals surface area contributed by atoms with Crippen LogP contribution in [0.1, 0.15) is 49.8 Å². The van der Waals surface area contributed by atoms with Gasteiger partial charge in [0.2, 0.25) is 5.76 Å². The molecule has 3 aromatic carbocycles. The van der Waals surface area contributed by atoms with E-state index < -0.39 is 17.5 Å². The number of carbonyl (C=O) groups excluding carboxylic acids is 1. The van der Waals surface area contributed by atoms with Gasteiger partial charge >= 0.3 is 5.97 Å². The van der Waals surface area contributed by atoms with Crippen LogP contribution in [-0.4, -0.2) is 11.1 Å². The normalized spacial score (nSPS) is 20.6. The highest BCUT2D eigenvalue weighted by atomic mass is 16.6. The fourth-order valence-electron chi connectivity index (χ4n) is 4.49. The molecule has 0 aliphatic carbocycles. The minimum atomic E-state index is -0.997. The van der Waals surface area contributed by atoms with E-state index in [9.17, 15) is 9.90 Å². The van der Waals surface area contributed by atoms with Gasteiger partial charge in [-0.25, -0.2) is 4.79 Å². The minimum Gasteiger partial charge on any atom is -0.508 e. The van der Waals surface area contributed by atoms with Gasteiger partial charge in [0.1, 0.15) is 17.1 Å². The maximum Gasteiger partial charge on any atom is 0.378 e. The van der Waals surface area contributed by atoms with Crippen molar-refractivity contribution in [3.05, 3.63) is 113 Å². The molecule has 0 saturated carbocycles. The van der Waals surface area contributed by atoms with Crippen LogP contribution in [0.2, 0.25) is 0 Å². The van der Waals surface area contributed by atoms with Gasteiger partial charge in [-0.05, 0) is 41.5 Å². The highest BCUT2D eigenvalue weighted by Gasteiger charge is 2.50. The zero-order chi connectivity index (χ0) is 23.4. The molecule has 2 unspecified atom stereocenters. The molecule has 1 heterocycles. The van der Waals surface area contributed by atoms with Crippen molar-refractivity contribution in [3.63, 3.8) is 0 Å². The van der Waals surface area contributed by atoms with Crippen molar-refractivity contribution in [2.45, 2.75) is 45.1 Å². The predicted molar refractivity (Wildman–Crippen MR) is 129 cm³/mol. The highest BCUT2D eigenvalue weighted by Crippen LogP contribution is 2.46. The van der Waals surface area contributed by atoms with Crippen molar-refractivity contribution in [3.8, 4) is 5.75 Å². The summed E-state index contributed by atoms with van der Waals surface area (Å²) in [5.74, 6) is -0.600. The smallest absolute Gasteiger partial charge is 0.378 e. The SMILES string of the molecule is CC(C)c1ccccc1OC1=C(O)C(C)C(CCc2ccccc2)(c2ccccc2)OC1=O. The molecule has 1 aliphatic rings. The second kappa shape index (κ2) is 9.53. The molecule has 170 valence electrons. The van der Waals surface area contributed by atoms with Crippen LogP contribution in [0.4, 0.5) is 0 Å². The Morgan fingerprint density at radius 2 is 1.55 bits per heavy atom. The number of aliphatic hydroxyl groups is 1. The number of hydrogen-bond donors (Lipinski definition) is 1. The first-order valence-electron chi connectivity index (χ1n) is 11.4. The molecular weight excluding hydrogens is 412 g/mol. The fraction of sp³-hybridized carbons (Fsp3) is 0.276. The molecule has 4 rings (SSSR count). The van der Waals surface area contributed by atoms with E-state index in [4.69, 9.17) is 9.47 Å². The number of cyclic esters (lactones) is 1. The van der Waals surface area contributed by atoms with E-state index in [-0.39, 0.29) is 17.4 Å². The third kappa shape index (κ3) is 4.51. The zero-order valence-electron chi connectivity index (χ0n) is 19.3. The zero-order valence-corrected chi connectivity index (χ0v) is 19.3. The molecule has 0 radical (unpaired) electrons. The van der Waals surface area contributed by atoms with E-state index in [0.717, 1.165) is 16.7 Å². The van der Waals surface area contributed by atoms with Crippen LogP contribution in [0.25, 0.3) is 0 Å². The Morgan fingerprint density at radius 3 is 2.21 bits per heavy atom. The van der Waals surface area contributed by atoms with Crippen LogP contribution < -0.4 is 4.74 Å². The monoisotopic (exact) mass is 442 g/mol. The molecule has 1 N–H and O–H groups in total. The number of aryl methyl sites for hydroxylation is 1. The number of hydrogen-bond acceptors (Lipinski definition) is 4. The Hall–Kier alpha value is -3.53. The third-order valence-corrected chi connectivity index (χ3v) is 6.45. The Bertz CT molecular complexity index is 1130. The Kier molecular flexibility index (Phi) is 6.55. The first-order valence-corrected chi connectivity index (χ1v) is 11.4. The quantitative estimate of drug-likeness (QED) is 0.415. The number of rotatable bonds is 7. The minimum absolute atomic E-state index is 0.0817. The molecule has 0 spiro atoms. The number of benzene rings is 3. The molecule has 0 saturated heterocycles. The molecule has 0 amide bonds. The van der Waals surface area contributed by atoms with E-state index in [1.807, 2.05) is 79.7 Å². The van der Waals surface area contributed by atoms with E-state index in [2.05, 4.69) is 26.0 Å². The maximum absolute atomic E-state index is 13.3. The lowest BCUT2D eigenvalue weighted by Crippen LogP contribution is -2.45. The van der Waals surface area contributed by atoms with Gasteiger partial charge < -0.3 is 14.6 Å². The predicted octanol–water partition coefficient (Wildman–Crippen LogP) is 6.68. The maximum atomic E-state index is 13.3. The summed E-state index contributed by atoms with van der Waals surface area (Å²) < 4.78 is 12.2. The van der Waals surface area contributed by atoms with E-state index in [1.165, 1.54) is 0 Å². The summed E-state index contributed by atoms with van der Waals surface area (Å²) >= 11 is 0. The molecule has 0 aromatic heterocycles. The Morgan fingerprint density at radius 1 is 0.939 bits per heavy atom. The van der Waals surface area contributed by atoms with E-state index in [0.29, 0.717) is 18.6 Å². The van der Waals surface area contributed by atoms with Gasteiger partial charge in [0, 0.05) is 0 Å². The van der Waals surface area contributed by atoms with Gasteiger partial charge in [-0.3, -0.25) is 0 Å². The average Bonchev–Trinajstić information content (AvgIpc) is 2.84. The molecule has 4 heteroatoms. The summed E-state index contributed by atoms with van der Waals surface area (Å²) in [6, 6.07) is 27.3. The standard InChI is InChI=1S/C29H30O4/c1-20(2)24-16-10-11-17-25(24)32-27-26(30)21(3)29(33-28(27)31,23-14-8-5-9-15-23)19-18-22-12-6-4-7-13-22/h4-17,20-21,30H,18-19H2,1-3H3. The number of aliphatic hydroxyl groups excluding tert-OH is 1. The van der Waals surface area contributed by atoms with Gasteiger partial charge in [0.05, 0.1) is 5.92 Å². The van der Waals surface area contributed by atoms with Crippen molar-refractivity contribution in [1.29, 1.82) is 0 Å². The first-order chi connectivity index (χ1) is 15.9. The van der Waals surface area contributed by atoms with Gasteiger partial charge in [0.15, 0.2) is 0 Å². The van der Waals surface area contributed by atoms with Crippen LogP contribution >= 0.6 is 0 Å². The van der Waals surface area contributed by atoms with Crippen molar-refractivity contribution in [1.82, 2.24) is 0 Å². The number of carbonyl (C=O) groups is 1. The lowest BCUT2D eigenvalue weighted by Gasteiger charge is -2.42. The lowest BCUT2D eigenvalue weighted by atomic mass is 9.75. The summed E-state index contributed by atoms with van der Waals surface area (Å²) in [6.07, 6.45) is 1.24. The van der Waals surface area contributed by atoms with Crippen LogP contribution in [0.15, 0.2) is 96.4 Å². The van der Waals surface area contributed by atoms with Crippen LogP contribution in [0.3, 0.4) is 0 Å². The summed E-state index contributed by atoms with van der Waals surface area (Å²) in [5.41, 5.74) is 1.97. The third-order valence-electron chi connectivity index (χ3n) is 6.45. The largest absolute Gasteiger partial charge is 0.508 e. The molecule has 3 aromatic rings. The van der Waals surface area contributed by atoms with Crippen molar-refractivity contribution in [2.75, 3.05) is 0 Å². The molecule has 4 nitrogen and oxygen atoms in total. The molecule has 1 aliphatic heterocycles. The molecular formula is C29H30O4. The molecule has 0 fully saturated rings.